The monoisotopic (exact) mass is 408 g/mol. The summed E-state index contributed by atoms with van der Waals surface area (Å²) < 4.78 is 14.2. The van der Waals surface area contributed by atoms with Gasteiger partial charge in [-0.25, -0.2) is 9.37 Å². The van der Waals surface area contributed by atoms with Crippen molar-refractivity contribution in [1.29, 1.82) is 0 Å². The summed E-state index contributed by atoms with van der Waals surface area (Å²) in [6.07, 6.45) is 5.92. The molecule has 0 saturated carbocycles. The number of H-pyrrole nitrogens is 1. The molecule has 7 heteroatoms. The minimum absolute atomic E-state index is 0.0681. The van der Waals surface area contributed by atoms with E-state index in [-0.39, 0.29) is 17.8 Å². The number of pyridine rings is 1. The van der Waals surface area contributed by atoms with Crippen molar-refractivity contribution >= 4 is 16.9 Å². The van der Waals surface area contributed by atoms with Crippen LogP contribution in [0.1, 0.15) is 31.2 Å². The molecule has 2 aliphatic rings. The van der Waals surface area contributed by atoms with Gasteiger partial charge in [-0.15, -0.1) is 0 Å². The first-order chi connectivity index (χ1) is 14.5. The van der Waals surface area contributed by atoms with E-state index in [4.69, 9.17) is 0 Å². The first-order valence-corrected chi connectivity index (χ1v) is 10.5. The quantitative estimate of drug-likeness (QED) is 0.623. The number of rotatable bonds is 3. The van der Waals surface area contributed by atoms with Crippen molar-refractivity contribution in [2.75, 3.05) is 19.6 Å². The zero-order valence-electron chi connectivity index (χ0n) is 16.7. The summed E-state index contributed by atoms with van der Waals surface area (Å²) in [6.45, 7) is 2.00. The molecule has 2 aliphatic heterocycles. The van der Waals surface area contributed by atoms with E-state index in [1.807, 2.05) is 29.2 Å². The lowest BCUT2D eigenvalue weighted by atomic mass is 9.83. The van der Waals surface area contributed by atoms with Gasteiger partial charge in [0, 0.05) is 25.5 Å². The van der Waals surface area contributed by atoms with Crippen LogP contribution in [0, 0.1) is 5.82 Å². The fraction of sp³-hybridized carbons (Fsp3) is 0.391. The van der Waals surface area contributed by atoms with Gasteiger partial charge < -0.3 is 20.3 Å². The van der Waals surface area contributed by atoms with Crippen LogP contribution >= 0.6 is 0 Å². The van der Waals surface area contributed by atoms with Crippen LogP contribution in [0.4, 0.5) is 4.39 Å². The van der Waals surface area contributed by atoms with Crippen LogP contribution in [0.5, 0.6) is 0 Å². The minimum Gasteiger partial charge on any atom is -0.385 e. The molecule has 2 aromatic heterocycles. The summed E-state index contributed by atoms with van der Waals surface area (Å²) in [5, 5.41) is 14.9. The predicted octanol–water partition coefficient (Wildman–Crippen LogP) is 2.93. The number of aliphatic hydroxyl groups is 1. The fourth-order valence-electron chi connectivity index (χ4n) is 4.72. The van der Waals surface area contributed by atoms with Crippen molar-refractivity contribution in [2.24, 2.45) is 0 Å². The second-order valence-corrected chi connectivity index (χ2v) is 8.30. The van der Waals surface area contributed by atoms with Gasteiger partial charge in [0.15, 0.2) is 5.82 Å². The number of likely N-dealkylation sites (tertiary alicyclic amines) is 1. The van der Waals surface area contributed by atoms with E-state index in [0.29, 0.717) is 37.0 Å². The van der Waals surface area contributed by atoms with Gasteiger partial charge in [-0.3, -0.25) is 4.79 Å². The normalized spacial score (nSPS) is 21.3. The zero-order chi connectivity index (χ0) is 20.7. The van der Waals surface area contributed by atoms with Crippen molar-refractivity contribution in [3.63, 3.8) is 0 Å². The molecule has 0 unspecified atom stereocenters. The summed E-state index contributed by atoms with van der Waals surface area (Å²) in [7, 11) is 0. The van der Waals surface area contributed by atoms with E-state index in [0.717, 1.165) is 36.1 Å². The highest BCUT2D eigenvalue weighted by Gasteiger charge is 2.37. The number of halogens is 1. The molecule has 4 heterocycles. The molecule has 2 saturated heterocycles. The van der Waals surface area contributed by atoms with Crippen molar-refractivity contribution in [3.8, 4) is 11.1 Å². The lowest BCUT2D eigenvalue weighted by molar-refractivity contribution is -0.137. The standard InChI is InChI=1S/C23H25FN4O2/c24-18-14-27-21-20(18)17(7-11-26-21)15-3-5-16(6-4-15)23(30)8-12-28(13-9-23)22(29)19-2-1-10-25-19/h3-7,11,14,19,25,30H,1-2,8-10,12-13H2,(H,26,27)/t19-/m0/s1. The third-order valence-electron chi connectivity index (χ3n) is 6.52. The number of carbonyl (C=O) groups is 1. The van der Waals surface area contributed by atoms with E-state index in [1.54, 1.807) is 12.3 Å². The van der Waals surface area contributed by atoms with Crippen LogP contribution in [-0.4, -0.2) is 51.6 Å². The minimum atomic E-state index is -0.953. The Morgan fingerprint density at radius 2 is 1.97 bits per heavy atom. The highest BCUT2D eigenvalue weighted by molar-refractivity contribution is 5.93. The van der Waals surface area contributed by atoms with Crippen LogP contribution in [0.2, 0.25) is 0 Å². The van der Waals surface area contributed by atoms with E-state index in [2.05, 4.69) is 15.3 Å². The van der Waals surface area contributed by atoms with Crippen LogP contribution in [-0.2, 0) is 10.4 Å². The molecule has 5 rings (SSSR count). The number of aromatic amines is 1. The Balaban J connectivity index is 1.33. The Morgan fingerprint density at radius 1 is 1.20 bits per heavy atom. The van der Waals surface area contributed by atoms with Crippen molar-refractivity contribution in [3.05, 3.63) is 54.1 Å². The summed E-state index contributed by atoms with van der Waals surface area (Å²) in [5.41, 5.74) is 2.03. The van der Waals surface area contributed by atoms with Gasteiger partial charge in [0.1, 0.15) is 5.65 Å². The maximum Gasteiger partial charge on any atom is 0.239 e. The largest absolute Gasteiger partial charge is 0.385 e. The molecule has 0 spiro atoms. The van der Waals surface area contributed by atoms with Crippen LogP contribution in [0.3, 0.4) is 0 Å². The summed E-state index contributed by atoms with van der Waals surface area (Å²) in [6, 6.07) is 9.36. The average Bonchev–Trinajstić information content (AvgIpc) is 3.44. The molecule has 30 heavy (non-hydrogen) atoms. The summed E-state index contributed by atoms with van der Waals surface area (Å²) in [4.78, 5) is 21.5. The maximum absolute atomic E-state index is 14.2. The second-order valence-electron chi connectivity index (χ2n) is 8.30. The Morgan fingerprint density at radius 3 is 2.67 bits per heavy atom. The highest BCUT2D eigenvalue weighted by Crippen LogP contribution is 2.35. The number of nitrogens with zero attached hydrogens (tertiary/aromatic N) is 2. The lowest BCUT2D eigenvalue weighted by Gasteiger charge is -2.39. The smallest absolute Gasteiger partial charge is 0.239 e. The molecule has 0 aliphatic carbocycles. The van der Waals surface area contributed by atoms with Crippen molar-refractivity contribution in [1.82, 2.24) is 20.2 Å². The molecule has 0 radical (unpaired) electrons. The third kappa shape index (κ3) is 3.28. The molecule has 3 N–H and O–H groups in total. The van der Waals surface area contributed by atoms with Crippen molar-refractivity contribution in [2.45, 2.75) is 37.3 Å². The molecular weight excluding hydrogens is 383 g/mol. The van der Waals surface area contributed by atoms with Gasteiger partial charge in [-0.2, -0.15) is 0 Å². The number of carbonyl (C=O) groups excluding carboxylic acids is 1. The Bertz CT molecular complexity index is 1060. The Labute approximate surface area is 174 Å². The van der Waals surface area contributed by atoms with Gasteiger partial charge in [-0.05, 0) is 55.0 Å². The number of amides is 1. The van der Waals surface area contributed by atoms with E-state index < -0.39 is 5.60 Å². The van der Waals surface area contributed by atoms with E-state index in [9.17, 15) is 14.3 Å². The topological polar surface area (TPSA) is 81.2 Å². The molecule has 0 bridgehead atoms. The average molecular weight is 408 g/mol. The molecule has 1 aromatic carbocycles. The molecule has 1 atom stereocenters. The number of fused-ring (bicyclic) bond motifs is 1. The molecule has 156 valence electrons. The van der Waals surface area contributed by atoms with Gasteiger partial charge in [-0.1, -0.05) is 24.3 Å². The van der Waals surface area contributed by atoms with Crippen LogP contribution in [0.15, 0.2) is 42.7 Å². The third-order valence-corrected chi connectivity index (χ3v) is 6.52. The van der Waals surface area contributed by atoms with Gasteiger partial charge in [0.2, 0.25) is 5.91 Å². The number of nitrogens with one attached hydrogen (secondary N) is 2. The first-order valence-electron chi connectivity index (χ1n) is 10.5. The number of hydrogen-bond acceptors (Lipinski definition) is 4. The fourth-order valence-corrected chi connectivity index (χ4v) is 4.72. The van der Waals surface area contributed by atoms with Crippen LogP contribution < -0.4 is 5.32 Å². The zero-order valence-corrected chi connectivity index (χ0v) is 16.7. The van der Waals surface area contributed by atoms with Gasteiger partial charge in [0.05, 0.1) is 17.0 Å². The number of aromatic nitrogens is 2. The van der Waals surface area contributed by atoms with E-state index >= 15 is 0 Å². The summed E-state index contributed by atoms with van der Waals surface area (Å²) in [5.74, 6) is -0.176. The Hall–Kier alpha value is -2.77. The van der Waals surface area contributed by atoms with E-state index in [1.165, 1.54) is 6.20 Å². The predicted molar refractivity (Wildman–Crippen MR) is 112 cm³/mol. The molecule has 6 nitrogen and oxygen atoms in total. The molecular formula is C23H25FN4O2. The molecule has 2 fully saturated rings. The van der Waals surface area contributed by atoms with Gasteiger partial charge >= 0.3 is 0 Å². The first kappa shape index (κ1) is 19.2. The van der Waals surface area contributed by atoms with Crippen LogP contribution in [0.25, 0.3) is 22.2 Å². The second kappa shape index (κ2) is 7.49. The SMILES string of the molecule is O=C([C@@H]1CCCN1)N1CCC(O)(c2ccc(-c3ccnc4[nH]cc(F)c34)cc2)CC1. The van der Waals surface area contributed by atoms with Gasteiger partial charge in [0.25, 0.3) is 0 Å². The van der Waals surface area contributed by atoms with Crippen molar-refractivity contribution < 1.29 is 14.3 Å². The summed E-state index contributed by atoms with van der Waals surface area (Å²) >= 11 is 0. The highest BCUT2D eigenvalue weighted by atomic mass is 19.1. The maximum atomic E-state index is 14.2. The molecule has 1 amide bonds. The number of piperidine rings is 1. The Kier molecular flexibility index (Phi) is 4.79. The molecule has 3 aromatic rings. The number of benzene rings is 1. The lowest BCUT2D eigenvalue weighted by Crippen LogP contribution is -2.50. The number of hydrogen-bond donors (Lipinski definition) is 3.